The van der Waals surface area contributed by atoms with Crippen molar-refractivity contribution in [3.8, 4) is 17.2 Å². The predicted octanol–water partition coefficient (Wildman–Crippen LogP) is 3.83. The molecule has 0 radical (unpaired) electrons. The quantitative estimate of drug-likeness (QED) is 0.476. The third kappa shape index (κ3) is 3.06. The molecule has 6 heteroatoms. The van der Waals surface area contributed by atoms with Gasteiger partial charge in [0, 0.05) is 12.1 Å². The zero-order chi connectivity index (χ0) is 16.3. The maximum absolute atomic E-state index is 11.0. The highest BCUT2D eigenvalue weighted by molar-refractivity contribution is 5.80. The zero-order valence-corrected chi connectivity index (χ0v) is 12.5. The molecule has 2 aromatic carbocycles. The second-order valence-electron chi connectivity index (χ2n) is 4.79. The van der Waals surface area contributed by atoms with Crippen molar-refractivity contribution in [1.29, 1.82) is 0 Å². The van der Waals surface area contributed by atoms with Crippen molar-refractivity contribution < 1.29 is 19.2 Å². The number of hydrogen-bond acceptors (Lipinski definition) is 5. The average Bonchev–Trinajstić information content (AvgIpc) is 2.50. The van der Waals surface area contributed by atoms with Crippen LogP contribution in [0, 0.1) is 24.0 Å². The minimum absolute atomic E-state index is 0.0191. The highest BCUT2D eigenvalue weighted by Crippen LogP contribution is 2.33. The number of carbonyl (C=O) groups excluding carboxylic acids is 1. The van der Waals surface area contributed by atoms with E-state index in [1.165, 1.54) is 19.2 Å². The van der Waals surface area contributed by atoms with Gasteiger partial charge in [-0.1, -0.05) is 0 Å². The number of carbonyl (C=O) groups is 1. The fraction of sp³-hybridized carbons (Fsp3) is 0.188. The minimum atomic E-state index is -0.443. The van der Waals surface area contributed by atoms with E-state index < -0.39 is 4.92 Å². The Bertz CT molecular complexity index is 716. The van der Waals surface area contributed by atoms with Crippen LogP contribution in [0.15, 0.2) is 30.3 Å². The summed E-state index contributed by atoms with van der Waals surface area (Å²) in [5.41, 5.74) is 1.69. The Morgan fingerprint density at radius 3 is 2.27 bits per heavy atom. The van der Waals surface area contributed by atoms with Crippen molar-refractivity contribution in [2.75, 3.05) is 7.11 Å². The number of hydrogen-bond donors (Lipinski definition) is 0. The molecule has 0 saturated carbocycles. The number of aryl methyl sites for hydroxylation is 2. The van der Waals surface area contributed by atoms with Gasteiger partial charge in [0.2, 0.25) is 0 Å². The van der Waals surface area contributed by atoms with Crippen molar-refractivity contribution in [3.63, 3.8) is 0 Å². The molecule has 2 aromatic rings. The van der Waals surface area contributed by atoms with Crippen LogP contribution in [0.5, 0.6) is 17.2 Å². The number of methoxy groups -OCH3 is 1. The standard InChI is InChI=1S/C16H15NO5/c1-10-6-13(17(19)20)7-11(2)16(10)22-14-4-5-15(21-3)12(8-14)9-18/h4-9H,1-3H3. The number of benzene rings is 2. The van der Waals surface area contributed by atoms with Crippen LogP contribution in [0.4, 0.5) is 5.69 Å². The summed E-state index contributed by atoms with van der Waals surface area (Å²) in [6.45, 7) is 3.47. The second-order valence-corrected chi connectivity index (χ2v) is 4.79. The number of aldehydes is 1. The van der Waals surface area contributed by atoms with Gasteiger partial charge in [-0.25, -0.2) is 0 Å². The Balaban J connectivity index is 2.39. The first-order valence-electron chi connectivity index (χ1n) is 6.53. The first-order valence-corrected chi connectivity index (χ1v) is 6.53. The van der Waals surface area contributed by atoms with Gasteiger partial charge in [0.25, 0.3) is 5.69 Å². The van der Waals surface area contributed by atoms with E-state index in [-0.39, 0.29) is 5.69 Å². The van der Waals surface area contributed by atoms with Crippen LogP contribution in [0.25, 0.3) is 0 Å². The Kier molecular flexibility index (Phi) is 4.41. The van der Waals surface area contributed by atoms with Crippen molar-refractivity contribution in [1.82, 2.24) is 0 Å². The molecule has 0 aliphatic heterocycles. The average molecular weight is 301 g/mol. The summed E-state index contributed by atoms with van der Waals surface area (Å²) in [4.78, 5) is 21.4. The molecule has 0 aliphatic carbocycles. The molecule has 2 rings (SSSR count). The monoisotopic (exact) mass is 301 g/mol. The zero-order valence-electron chi connectivity index (χ0n) is 12.5. The van der Waals surface area contributed by atoms with Gasteiger partial charge in [-0.05, 0) is 43.2 Å². The van der Waals surface area contributed by atoms with Crippen molar-refractivity contribution >= 4 is 12.0 Å². The maximum Gasteiger partial charge on any atom is 0.270 e. The van der Waals surface area contributed by atoms with Crippen LogP contribution < -0.4 is 9.47 Å². The number of ether oxygens (including phenoxy) is 2. The summed E-state index contributed by atoms with van der Waals surface area (Å²) in [5.74, 6) is 1.45. The fourth-order valence-electron chi connectivity index (χ4n) is 2.18. The van der Waals surface area contributed by atoms with E-state index in [0.29, 0.717) is 40.2 Å². The summed E-state index contributed by atoms with van der Waals surface area (Å²) in [6.07, 6.45) is 0.682. The normalized spacial score (nSPS) is 10.1. The lowest BCUT2D eigenvalue weighted by atomic mass is 10.1. The van der Waals surface area contributed by atoms with E-state index in [9.17, 15) is 14.9 Å². The van der Waals surface area contributed by atoms with Gasteiger partial charge in [-0.15, -0.1) is 0 Å². The Labute approximate surface area is 127 Å². The molecule has 0 aromatic heterocycles. The molecule has 6 nitrogen and oxygen atoms in total. The Morgan fingerprint density at radius 2 is 1.77 bits per heavy atom. The van der Waals surface area contributed by atoms with Crippen molar-refractivity contribution in [2.45, 2.75) is 13.8 Å². The van der Waals surface area contributed by atoms with Crippen molar-refractivity contribution in [2.24, 2.45) is 0 Å². The smallest absolute Gasteiger partial charge is 0.270 e. The third-order valence-electron chi connectivity index (χ3n) is 3.20. The van der Waals surface area contributed by atoms with E-state index in [1.807, 2.05) is 0 Å². The predicted molar refractivity (Wildman–Crippen MR) is 81.0 cm³/mol. The molecule has 0 bridgehead atoms. The molecule has 114 valence electrons. The lowest BCUT2D eigenvalue weighted by Gasteiger charge is -2.13. The number of nitro groups is 1. The van der Waals surface area contributed by atoms with Gasteiger partial charge < -0.3 is 9.47 Å². The highest BCUT2D eigenvalue weighted by Gasteiger charge is 2.14. The fourth-order valence-corrected chi connectivity index (χ4v) is 2.18. The van der Waals surface area contributed by atoms with Crippen LogP contribution in [-0.4, -0.2) is 18.3 Å². The van der Waals surface area contributed by atoms with Gasteiger partial charge in [-0.3, -0.25) is 14.9 Å². The molecular formula is C16H15NO5. The molecule has 0 amide bonds. The molecule has 0 saturated heterocycles. The van der Waals surface area contributed by atoms with Gasteiger partial charge in [0.05, 0.1) is 17.6 Å². The number of non-ortho nitro benzene ring substituents is 1. The Hall–Kier alpha value is -2.89. The number of nitro benzene ring substituents is 1. The molecular weight excluding hydrogens is 286 g/mol. The van der Waals surface area contributed by atoms with E-state index >= 15 is 0 Å². The molecule has 0 unspecified atom stereocenters. The van der Waals surface area contributed by atoms with E-state index in [4.69, 9.17) is 9.47 Å². The van der Waals surface area contributed by atoms with Gasteiger partial charge in [0.1, 0.15) is 17.2 Å². The SMILES string of the molecule is COc1ccc(Oc2c(C)cc([N+](=O)[O-])cc2C)cc1C=O. The molecule has 0 atom stereocenters. The maximum atomic E-state index is 11.0. The third-order valence-corrected chi connectivity index (χ3v) is 3.20. The first-order chi connectivity index (χ1) is 10.5. The van der Waals surface area contributed by atoms with Crippen LogP contribution in [0.3, 0.4) is 0 Å². The van der Waals surface area contributed by atoms with Gasteiger partial charge in [-0.2, -0.15) is 0 Å². The summed E-state index contributed by atoms with van der Waals surface area (Å²) < 4.78 is 10.8. The summed E-state index contributed by atoms with van der Waals surface area (Å²) >= 11 is 0. The summed E-state index contributed by atoms with van der Waals surface area (Å²) in [6, 6.07) is 7.77. The highest BCUT2D eigenvalue weighted by atomic mass is 16.6. The molecule has 0 fully saturated rings. The van der Waals surface area contributed by atoms with Gasteiger partial charge in [0.15, 0.2) is 6.29 Å². The van der Waals surface area contributed by atoms with Gasteiger partial charge >= 0.3 is 0 Å². The number of nitrogens with zero attached hydrogens (tertiary/aromatic N) is 1. The van der Waals surface area contributed by atoms with E-state index in [0.717, 1.165) is 0 Å². The number of rotatable bonds is 5. The summed E-state index contributed by atoms with van der Waals surface area (Å²) in [5, 5.41) is 10.8. The Morgan fingerprint density at radius 1 is 1.14 bits per heavy atom. The summed E-state index contributed by atoms with van der Waals surface area (Å²) in [7, 11) is 1.48. The largest absolute Gasteiger partial charge is 0.496 e. The van der Waals surface area contributed by atoms with E-state index in [2.05, 4.69) is 0 Å². The van der Waals surface area contributed by atoms with Crippen LogP contribution in [0.1, 0.15) is 21.5 Å². The molecule has 0 spiro atoms. The van der Waals surface area contributed by atoms with Crippen LogP contribution in [0.2, 0.25) is 0 Å². The topological polar surface area (TPSA) is 78.7 Å². The molecule has 0 heterocycles. The molecule has 0 N–H and O–H groups in total. The molecule has 22 heavy (non-hydrogen) atoms. The van der Waals surface area contributed by atoms with E-state index in [1.54, 1.807) is 32.0 Å². The van der Waals surface area contributed by atoms with Crippen LogP contribution in [-0.2, 0) is 0 Å². The first kappa shape index (κ1) is 15.5. The van der Waals surface area contributed by atoms with Crippen molar-refractivity contribution in [3.05, 3.63) is 57.1 Å². The second kappa shape index (κ2) is 6.26. The lowest BCUT2D eigenvalue weighted by molar-refractivity contribution is -0.385. The molecule has 0 aliphatic rings. The minimum Gasteiger partial charge on any atom is -0.496 e. The van der Waals surface area contributed by atoms with Crippen LogP contribution >= 0.6 is 0 Å². The lowest BCUT2D eigenvalue weighted by Crippen LogP contribution is -1.96.